The Balaban J connectivity index is 1.49. The second-order valence-electron chi connectivity index (χ2n) is 5.91. The molecule has 0 fully saturated rings. The molecule has 0 N–H and O–H groups in total. The Morgan fingerprint density at radius 2 is 1.28 bits per heavy atom. The number of thiazole rings is 2. The first-order valence-electron chi connectivity index (χ1n) is 8.14. The molecule has 0 aliphatic carbocycles. The molecule has 25 heavy (non-hydrogen) atoms. The number of rotatable bonds is 3. The highest BCUT2D eigenvalue weighted by molar-refractivity contribution is 7.20. The summed E-state index contributed by atoms with van der Waals surface area (Å²) in [5.74, 6) is 0. The first kappa shape index (κ1) is 14.8. The topological polar surface area (TPSA) is 25.8 Å². The summed E-state index contributed by atoms with van der Waals surface area (Å²) in [6.07, 6.45) is 0.805. The van der Waals surface area contributed by atoms with Crippen LogP contribution in [0.2, 0.25) is 0 Å². The largest absolute Gasteiger partial charge is 0.241 e. The molecule has 120 valence electrons. The van der Waals surface area contributed by atoms with Crippen molar-refractivity contribution in [2.75, 3.05) is 0 Å². The van der Waals surface area contributed by atoms with E-state index in [1.54, 1.807) is 22.7 Å². The summed E-state index contributed by atoms with van der Waals surface area (Å²) < 4.78 is 2.47. The van der Waals surface area contributed by atoms with Crippen molar-refractivity contribution in [1.82, 2.24) is 9.97 Å². The van der Waals surface area contributed by atoms with Crippen LogP contribution in [-0.2, 0) is 6.42 Å². The van der Waals surface area contributed by atoms with Gasteiger partial charge in [-0.15, -0.1) is 22.7 Å². The zero-order chi connectivity index (χ0) is 16.6. The van der Waals surface area contributed by atoms with Crippen molar-refractivity contribution in [2.24, 2.45) is 0 Å². The molecule has 0 unspecified atom stereocenters. The number of aromatic nitrogens is 2. The number of fused-ring (bicyclic) bond motifs is 2. The highest BCUT2D eigenvalue weighted by Gasteiger charge is 2.10. The predicted octanol–water partition coefficient (Wildman–Crippen LogP) is 6.16. The van der Waals surface area contributed by atoms with E-state index < -0.39 is 0 Å². The lowest BCUT2D eigenvalue weighted by Crippen LogP contribution is -1.84. The smallest absolute Gasteiger partial charge is 0.101 e. The first-order chi connectivity index (χ1) is 12.3. The molecule has 4 heteroatoms. The van der Waals surface area contributed by atoms with Gasteiger partial charge in [-0.05, 0) is 35.4 Å². The molecule has 0 bridgehead atoms. The fourth-order valence-electron chi connectivity index (χ4n) is 2.98. The maximum atomic E-state index is 4.80. The minimum Gasteiger partial charge on any atom is -0.241 e. The Morgan fingerprint density at radius 3 is 2.08 bits per heavy atom. The van der Waals surface area contributed by atoms with E-state index in [4.69, 9.17) is 9.97 Å². The molecule has 0 radical (unpaired) electrons. The van der Waals surface area contributed by atoms with Gasteiger partial charge in [0.1, 0.15) is 10.0 Å². The number of benzene rings is 3. The van der Waals surface area contributed by atoms with Gasteiger partial charge in [0.2, 0.25) is 0 Å². The molecule has 0 aliphatic rings. The van der Waals surface area contributed by atoms with Crippen LogP contribution in [0.4, 0.5) is 0 Å². The fourth-order valence-corrected chi connectivity index (χ4v) is 5.06. The Labute approximate surface area is 153 Å². The summed E-state index contributed by atoms with van der Waals surface area (Å²) in [5.41, 5.74) is 4.63. The van der Waals surface area contributed by atoms with Crippen LogP contribution < -0.4 is 0 Å². The summed E-state index contributed by atoms with van der Waals surface area (Å²) in [4.78, 5) is 9.53. The SMILES string of the molecule is c1ccc(-c2ccc3nc(Cc4nc5ccccc5s4)sc3c2)cc1. The summed E-state index contributed by atoms with van der Waals surface area (Å²) in [7, 11) is 0. The minimum absolute atomic E-state index is 0.805. The second-order valence-corrected chi connectivity index (χ2v) is 8.14. The highest BCUT2D eigenvalue weighted by Crippen LogP contribution is 2.30. The van der Waals surface area contributed by atoms with E-state index in [2.05, 4.69) is 60.7 Å². The molecular formula is C21H14N2S2. The molecule has 5 rings (SSSR count). The van der Waals surface area contributed by atoms with Crippen molar-refractivity contribution in [3.63, 3.8) is 0 Å². The second kappa shape index (κ2) is 6.06. The minimum atomic E-state index is 0.805. The van der Waals surface area contributed by atoms with Gasteiger partial charge in [0.15, 0.2) is 0 Å². The van der Waals surface area contributed by atoms with Gasteiger partial charge < -0.3 is 0 Å². The third-order valence-electron chi connectivity index (χ3n) is 4.18. The maximum absolute atomic E-state index is 4.80. The van der Waals surface area contributed by atoms with E-state index in [9.17, 15) is 0 Å². The zero-order valence-corrected chi connectivity index (χ0v) is 15.0. The molecule has 2 nitrogen and oxygen atoms in total. The average molecular weight is 358 g/mol. The Bertz CT molecular complexity index is 1140. The lowest BCUT2D eigenvalue weighted by atomic mass is 10.1. The molecule has 0 amide bonds. The van der Waals surface area contributed by atoms with Crippen molar-refractivity contribution < 1.29 is 0 Å². The van der Waals surface area contributed by atoms with Gasteiger partial charge in [0.25, 0.3) is 0 Å². The lowest BCUT2D eigenvalue weighted by Gasteiger charge is -2.00. The standard InChI is InChI=1S/C21H14N2S2/c1-2-6-14(7-3-1)15-10-11-17-19(12-15)25-21(23-17)13-20-22-16-8-4-5-9-18(16)24-20/h1-12H,13H2. The van der Waals surface area contributed by atoms with Crippen molar-refractivity contribution >= 4 is 43.1 Å². The molecule has 0 saturated carbocycles. The van der Waals surface area contributed by atoms with Crippen molar-refractivity contribution in [2.45, 2.75) is 6.42 Å². The van der Waals surface area contributed by atoms with Gasteiger partial charge in [-0.2, -0.15) is 0 Å². The van der Waals surface area contributed by atoms with E-state index in [0.717, 1.165) is 27.5 Å². The summed E-state index contributed by atoms with van der Waals surface area (Å²) >= 11 is 3.52. The Kier molecular flexibility index (Phi) is 3.58. The third-order valence-corrected chi connectivity index (χ3v) is 6.24. The van der Waals surface area contributed by atoms with E-state index in [1.165, 1.54) is 20.5 Å². The van der Waals surface area contributed by atoms with Gasteiger partial charge in [0.05, 0.1) is 26.9 Å². The summed E-state index contributed by atoms with van der Waals surface area (Å²) in [6, 6.07) is 25.3. The molecule has 0 spiro atoms. The van der Waals surface area contributed by atoms with E-state index in [-0.39, 0.29) is 0 Å². The van der Waals surface area contributed by atoms with Crippen LogP contribution in [0.15, 0.2) is 72.8 Å². The third kappa shape index (κ3) is 2.84. The molecule has 5 aromatic rings. The van der Waals surface area contributed by atoms with Crippen LogP contribution >= 0.6 is 22.7 Å². The molecule has 3 aromatic carbocycles. The normalized spacial score (nSPS) is 11.4. The maximum Gasteiger partial charge on any atom is 0.101 e. The average Bonchev–Trinajstić information content (AvgIpc) is 3.24. The monoisotopic (exact) mass is 358 g/mol. The molecule has 2 aromatic heterocycles. The van der Waals surface area contributed by atoms with Gasteiger partial charge in [-0.1, -0.05) is 48.5 Å². The van der Waals surface area contributed by atoms with Gasteiger partial charge in [-0.25, -0.2) is 9.97 Å². The number of para-hydroxylation sites is 1. The van der Waals surface area contributed by atoms with Crippen LogP contribution in [0.3, 0.4) is 0 Å². The van der Waals surface area contributed by atoms with Crippen molar-refractivity contribution in [3.8, 4) is 11.1 Å². The number of hydrogen-bond acceptors (Lipinski definition) is 4. The Morgan fingerprint density at radius 1 is 0.600 bits per heavy atom. The van der Waals surface area contributed by atoms with Crippen molar-refractivity contribution in [3.05, 3.63) is 82.8 Å². The number of nitrogens with zero attached hydrogens (tertiary/aromatic N) is 2. The van der Waals surface area contributed by atoms with Crippen LogP contribution in [0.25, 0.3) is 31.6 Å². The molecule has 0 aliphatic heterocycles. The highest BCUT2D eigenvalue weighted by atomic mass is 32.1. The first-order valence-corrected chi connectivity index (χ1v) is 9.78. The molecular weight excluding hydrogens is 344 g/mol. The van der Waals surface area contributed by atoms with Crippen LogP contribution in [0.1, 0.15) is 10.0 Å². The molecule has 2 heterocycles. The van der Waals surface area contributed by atoms with Gasteiger partial charge in [-0.3, -0.25) is 0 Å². The van der Waals surface area contributed by atoms with Crippen LogP contribution in [-0.4, -0.2) is 9.97 Å². The summed E-state index contributed by atoms with van der Waals surface area (Å²) in [6.45, 7) is 0. The zero-order valence-electron chi connectivity index (χ0n) is 13.3. The Hall–Kier alpha value is -2.56. The van der Waals surface area contributed by atoms with Crippen molar-refractivity contribution in [1.29, 1.82) is 0 Å². The molecule has 0 atom stereocenters. The van der Waals surface area contributed by atoms with E-state index >= 15 is 0 Å². The van der Waals surface area contributed by atoms with Gasteiger partial charge in [0, 0.05) is 0 Å². The quantitative estimate of drug-likeness (QED) is 0.386. The summed E-state index contributed by atoms with van der Waals surface area (Å²) in [5, 5.41) is 2.25. The predicted molar refractivity (Wildman–Crippen MR) is 107 cm³/mol. The van der Waals surface area contributed by atoms with Crippen LogP contribution in [0, 0.1) is 0 Å². The molecule has 0 saturated heterocycles. The lowest BCUT2D eigenvalue weighted by molar-refractivity contribution is 1.13. The fraction of sp³-hybridized carbons (Fsp3) is 0.0476. The number of hydrogen-bond donors (Lipinski definition) is 0. The van der Waals surface area contributed by atoms with E-state index in [0.29, 0.717) is 0 Å². The van der Waals surface area contributed by atoms with Gasteiger partial charge >= 0.3 is 0 Å². The van der Waals surface area contributed by atoms with E-state index in [1.807, 2.05) is 12.1 Å². The van der Waals surface area contributed by atoms with Crippen LogP contribution in [0.5, 0.6) is 0 Å².